The van der Waals surface area contributed by atoms with E-state index in [1.54, 1.807) is 6.08 Å². The SMILES string of the molecule is C=CC(=C)c1ccc2c(Br)cc(Br)c-2cc1. The standard InChI is InChI=1S/C14H10Br2/c1-3-9(2)10-4-6-11-12(7-5-10)14(16)8-13(11)15/h3-8H,1-2H2. The van der Waals surface area contributed by atoms with Crippen LogP contribution in [0.4, 0.5) is 0 Å². The van der Waals surface area contributed by atoms with E-state index >= 15 is 0 Å². The predicted molar refractivity (Wildman–Crippen MR) is 77.7 cm³/mol. The van der Waals surface area contributed by atoms with Gasteiger partial charge in [-0.2, -0.15) is 0 Å². The fraction of sp³-hybridized carbons (Fsp3) is 0. The summed E-state index contributed by atoms with van der Waals surface area (Å²) in [6.07, 6.45) is 1.77. The monoisotopic (exact) mass is 336 g/mol. The molecule has 0 aliphatic heterocycles. The third kappa shape index (κ3) is 2.00. The van der Waals surface area contributed by atoms with E-state index in [0.717, 1.165) is 20.1 Å². The molecular formula is C14H10Br2. The first-order chi connectivity index (χ1) is 7.63. The Morgan fingerprint density at radius 2 is 1.50 bits per heavy atom. The quantitative estimate of drug-likeness (QED) is 0.633. The lowest BCUT2D eigenvalue weighted by atomic mass is 10.1. The van der Waals surface area contributed by atoms with Crippen molar-refractivity contribution in [2.75, 3.05) is 0 Å². The van der Waals surface area contributed by atoms with E-state index in [2.05, 4.69) is 75.3 Å². The average molecular weight is 338 g/mol. The third-order valence-electron chi connectivity index (χ3n) is 2.53. The van der Waals surface area contributed by atoms with Crippen LogP contribution in [0.3, 0.4) is 0 Å². The molecule has 80 valence electrons. The summed E-state index contributed by atoms with van der Waals surface area (Å²) in [6.45, 7) is 7.68. The molecule has 0 aromatic heterocycles. The van der Waals surface area contributed by atoms with Gasteiger partial charge < -0.3 is 0 Å². The summed E-state index contributed by atoms with van der Waals surface area (Å²) < 4.78 is 2.20. The Labute approximate surface area is 112 Å². The Kier molecular flexibility index (Phi) is 3.31. The summed E-state index contributed by atoms with van der Waals surface area (Å²) in [5.74, 6) is 0. The number of rotatable bonds is 2. The molecule has 2 aliphatic carbocycles. The van der Waals surface area contributed by atoms with Gasteiger partial charge in [0.15, 0.2) is 0 Å². The molecule has 0 saturated carbocycles. The fourth-order valence-corrected chi connectivity index (χ4v) is 3.05. The van der Waals surface area contributed by atoms with E-state index in [4.69, 9.17) is 0 Å². The zero-order valence-electron chi connectivity index (χ0n) is 8.63. The molecule has 0 amide bonds. The van der Waals surface area contributed by atoms with Crippen LogP contribution in [-0.2, 0) is 0 Å². The highest BCUT2D eigenvalue weighted by Crippen LogP contribution is 2.39. The average Bonchev–Trinajstić information content (AvgIpc) is 2.46. The smallest absolute Gasteiger partial charge is 0.0265 e. The summed E-state index contributed by atoms with van der Waals surface area (Å²) >= 11 is 7.09. The zero-order valence-corrected chi connectivity index (χ0v) is 11.8. The van der Waals surface area contributed by atoms with Crippen molar-refractivity contribution in [3.8, 4) is 11.1 Å². The van der Waals surface area contributed by atoms with Crippen molar-refractivity contribution in [3.05, 3.63) is 64.1 Å². The van der Waals surface area contributed by atoms with Crippen molar-refractivity contribution in [3.63, 3.8) is 0 Å². The van der Waals surface area contributed by atoms with Crippen LogP contribution in [0.15, 0.2) is 58.5 Å². The molecule has 2 aliphatic rings. The summed E-state index contributed by atoms with van der Waals surface area (Å²) in [7, 11) is 0. The van der Waals surface area contributed by atoms with Gasteiger partial charge in [0.2, 0.25) is 0 Å². The van der Waals surface area contributed by atoms with Gasteiger partial charge in [-0.05, 0) is 28.3 Å². The van der Waals surface area contributed by atoms with Crippen LogP contribution in [0.25, 0.3) is 16.7 Å². The van der Waals surface area contributed by atoms with Gasteiger partial charge in [0.1, 0.15) is 0 Å². The van der Waals surface area contributed by atoms with E-state index in [0.29, 0.717) is 0 Å². The molecule has 2 heteroatoms. The van der Waals surface area contributed by atoms with Gasteiger partial charge in [0.25, 0.3) is 0 Å². The van der Waals surface area contributed by atoms with Crippen LogP contribution in [0.1, 0.15) is 5.56 Å². The lowest BCUT2D eigenvalue weighted by Gasteiger charge is -1.93. The largest absolute Gasteiger partial charge is 0.0985 e. The predicted octanol–water partition coefficient (Wildman–Crippen LogP) is 5.52. The number of allylic oxidation sites excluding steroid dienone is 2. The molecule has 0 unspecified atom stereocenters. The van der Waals surface area contributed by atoms with Gasteiger partial charge in [0.05, 0.1) is 0 Å². The van der Waals surface area contributed by atoms with Crippen LogP contribution in [0, 0.1) is 0 Å². The first kappa shape index (κ1) is 11.6. The highest BCUT2D eigenvalue weighted by Gasteiger charge is 2.11. The minimum Gasteiger partial charge on any atom is -0.0985 e. The highest BCUT2D eigenvalue weighted by atomic mass is 79.9. The van der Waals surface area contributed by atoms with Crippen LogP contribution in [-0.4, -0.2) is 0 Å². The maximum Gasteiger partial charge on any atom is 0.0265 e. The van der Waals surface area contributed by atoms with Gasteiger partial charge in [-0.25, -0.2) is 0 Å². The molecule has 0 N–H and O–H groups in total. The molecule has 0 radical (unpaired) electrons. The topological polar surface area (TPSA) is 0 Å². The summed E-state index contributed by atoms with van der Waals surface area (Å²) in [4.78, 5) is 0. The normalized spacial score (nSPS) is 10.4. The van der Waals surface area contributed by atoms with Crippen LogP contribution in [0.2, 0.25) is 0 Å². The Morgan fingerprint density at radius 1 is 1.00 bits per heavy atom. The minimum absolute atomic E-state index is 0.935. The number of hydrogen-bond donors (Lipinski definition) is 0. The van der Waals surface area contributed by atoms with E-state index in [9.17, 15) is 0 Å². The molecule has 16 heavy (non-hydrogen) atoms. The summed E-state index contributed by atoms with van der Waals surface area (Å²) in [6, 6.07) is 10.4. The molecule has 0 fully saturated rings. The molecule has 0 atom stereocenters. The maximum absolute atomic E-state index is 3.95. The summed E-state index contributed by atoms with van der Waals surface area (Å²) in [5, 5.41) is 0. The number of halogens is 2. The molecule has 0 heterocycles. The van der Waals surface area contributed by atoms with Crippen molar-refractivity contribution in [2.24, 2.45) is 0 Å². The Bertz CT molecular complexity index is 504. The summed E-state index contributed by atoms with van der Waals surface area (Å²) in [5.41, 5.74) is 4.40. The first-order valence-corrected chi connectivity index (χ1v) is 6.41. The molecule has 2 rings (SSSR count). The van der Waals surface area contributed by atoms with Crippen molar-refractivity contribution in [1.82, 2.24) is 0 Å². The second-order valence-electron chi connectivity index (χ2n) is 3.52. The Hall–Kier alpha value is -0.860. The van der Waals surface area contributed by atoms with Crippen molar-refractivity contribution >= 4 is 37.4 Å². The van der Waals surface area contributed by atoms with Gasteiger partial charge in [-0.3, -0.25) is 0 Å². The van der Waals surface area contributed by atoms with Gasteiger partial charge in [0, 0.05) is 8.95 Å². The molecular weight excluding hydrogens is 328 g/mol. The van der Waals surface area contributed by atoms with E-state index in [1.807, 2.05) is 0 Å². The van der Waals surface area contributed by atoms with Gasteiger partial charge in [-0.15, -0.1) is 0 Å². The third-order valence-corrected chi connectivity index (χ3v) is 3.85. The second-order valence-corrected chi connectivity index (χ2v) is 5.23. The Balaban J connectivity index is 2.65. The van der Waals surface area contributed by atoms with Gasteiger partial charge >= 0.3 is 0 Å². The van der Waals surface area contributed by atoms with Crippen LogP contribution >= 0.6 is 31.9 Å². The van der Waals surface area contributed by atoms with Crippen molar-refractivity contribution in [2.45, 2.75) is 0 Å². The number of fused-ring (bicyclic) bond motifs is 1. The molecule has 0 spiro atoms. The fourth-order valence-electron chi connectivity index (χ4n) is 1.60. The maximum atomic E-state index is 3.95. The minimum atomic E-state index is 0.935. The van der Waals surface area contributed by atoms with Crippen molar-refractivity contribution < 1.29 is 0 Å². The molecule has 0 aromatic carbocycles. The molecule has 0 nitrogen and oxygen atoms in total. The van der Waals surface area contributed by atoms with Gasteiger partial charge in [-0.1, -0.05) is 75.4 Å². The highest BCUT2D eigenvalue weighted by molar-refractivity contribution is 9.11. The van der Waals surface area contributed by atoms with Crippen LogP contribution in [0.5, 0.6) is 0 Å². The zero-order chi connectivity index (χ0) is 11.7. The number of hydrogen-bond acceptors (Lipinski definition) is 0. The van der Waals surface area contributed by atoms with E-state index in [-0.39, 0.29) is 0 Å². The van der Waals surface area contributed by atoms with Crippen molar-refractivity contribution in [1.29, 1.82) is 0 Å². The van der Waals surface area contributed by atoms with E-state index < -0.39 is 0 Å². The van der Waals surface area contributed by atoms with E-state index in [1.165, 1.54) is 11.1 Å². The molecule has 0 bridgehead atoms. The Morgan fingerprint density at radius 3 is 1.94 bits per heavy atom. The van der Waals surface area contributed by atoms with Crippen LogP contribution < -0.4 is 0 Å². The lowest BCUT2D eigenvalue weighted by molar-refractivity contribution is 1.71. The lowest BCUT2D eigenvalue weighted by Crippen LogP contribution is -1.71. The second kappa shape index (κ2) is 4.56. The molecule has 0 saturated heterocycles. The molecule has 0 aromatic rings. The first-order valence-electron chi connectivity index (χ1n) is 4.83.